The van der Waals surface area contributed by atoms with E-state index in [4.69, 9.17) is 4.74 Å². The average Bonchev–Trinajstić information content (AvgIpc) is 2.45. The van der Waals surface area contributed by atoms with Crippen LogP contribution in [0.25, 0.3) is 0 Å². The SMILES string of the molecule is COc1ccccc1Pc1cc(C(F)(F)F)cc(C(F)(F)F)c1. The Bertz CT molecular complexity index is 661. The van der Waals surface area contributed by atoms with Gasteiger partial charge in [-0.3, -0.25) is 0 Å². The zero-order valence-corrected chi connectivity index (χ0v) is 12.7. The first-order valence-corrected chi connectivity index (χ1v) is 7.31. The number of benzene rings is 2. The summed E-state index contributed by atoms with van der Waals surface area (Å²) in [5.41, 5.74) is -2.63. The molecule has 1 unspecified atom stereocenters. The smallest absolute Gasteiger partial charge is 0.416 e. The summed E-state index contributed by atoms with van der Waals surface area (Å²) in [5, 5.41) is 0.471. The number of halogens is 6. The quantitative estimate of drug-likeness (QED) is 0.589. The Hall–Kier alpha value is -1.75. The molecular weight excluding hydrogens is 341 g/mol. The number of para-hydroxylation sites is 1. The number of methoxy groups -OCH3 is 1. The zero-order valence-electron chi connectivity index (χ0n) is 11.7. The molecule has 2 rings (SSSR count). The van der Waals surface area contributed by atoms with Gasteiger partial charge in [0.1, 0.15) is 5.75 Å². The van der Waals surface area contributed by atoms with Crippen molar-refractivity contribution in [2.24, 2.45) is 0 Å². The molecular formula is C15H11F6OP. The van der Waals surface area contributed by atoms with Gasteiger partial charge in [-0.15, -0.1) is 0 Å². The third-order valence-corrected chi connectivity index (χ3v) is 4.23. The molecule has 0 aromatic heterocycles. The van der Waals surface area contributed by atoms with Gasteiger partial charge >= 0.3 is 12.4 Å². The summed E-state index contributed by atoms with van der Waals surface area (Å²) in [6.07, 6.45) is -9.69. The number of ether oxygens (including phenoxy) is 1. The lowest BCUT2D eigenvalue weighted by Crippen LogP contribution is -2.16. The number of hydrogen-bond acceptors (Lipinski definition) is 1. The van der Waals surface area contributed by atoms with E-state index >= 15 is 0 Å². The zero-order chi connectivity index (χ0) is 17.3. The second-order valence-electron chi connectivity index (χ2n) is 4.62. The lowest BCUT2D eigenvalue weighted by Gasteiger charge is -2.15. The minimum atomic E-state index is -4.85. The Morgan fingerprint density at radius 3 is 1.83 bits per heavy atom. The molecule has 1 nitrogen and oxygen atoms in total. The van der Waals surface area contributed by atoms with Crippen molar-refractivity contribution in [2.75, 3.05) is 7.11 Å². The predicted octanol–water partition coefficient (Wildman–Crippen LogP) is 4.36. The first kappa shape index (κ1) is 17.6. The van der Waals surface area contributed by atoms with E-state index in [1.165, 1.54) is 7.11 Å². The maximum atomic E-state index is 12.8. The molecule has 0 radical (unpaired) electrons. The third-order valence-electron chi connectivity index (χ3n) is 2.97. The van der Waals surface area contributed by atoms with E-state index in [9.17, 15) is 26.3 Å². The van der Waals surface area contributed by atoms with Gasteiger partial charge in [-0.05, 0) is 29.6 Å². The van der Waals surface area contributed by atoms with Crippen molar-refractivity contribution in [3.8, 4) is 5.75 Å². The van der Waals surface area contributed by atoms with Gasteiger partial charge in [0.15, 0.2) is 0 Å². The van der Waals surface area contributed by atoms with Crippen molar-refractivity contribution in [1.82, 2.24) is 0 Å². The van der Waals surface area contributed by atoms with Crippen molar-refractivity contribution in [3.05, 3.63) is 53.6 Å². The summed E-state index contributed by atoms with van der Waals surface area (Å²) in [5.74, 6) is 0.414. The Balaban J connectivity index is 2.49. The van der Waals surface area contributed by atoms with E-state index in [2.05, 4.69) is 0 Å². The van der Waals surface area contributed by atoms with Crippen molar-refractivity contribution in [3.63, 3.8) is 0 Å². The first-order valence-electron chi connectivity index (χ1n) is 6.31. The highest BCUT2D eigenvalue weighted by atomic mass is 31.1. The van der Waals surface area contributed by atoms with Crippen LogP contribution in [0.15, 0.2) is 42.5 Å². The fraction of sp³-hybridized carbons (Fsp3) is 0.200. The second kappa shape index (κ2) is 6.40. The molecule has 1 atom stereocenters. The standard InChI is InChI=1S/C15H11F6OP/c1-22-12-4-2-3-5-13(12)23-11-7-9(14(16,17)18)6-10(8-11)15(19,20)21/h2-8,23H,1H3. The molecule has 0 aliphatic rings. The second-order valence-corrected chi connectivity index (χ2v) is 5.99. The van der Waals surface area contributed by atoms with Crippen LogP contribution in [0, 0.1) is 0 Å². The molecule has 0 spiro atoms. The molecule has 2 aromatic carbocycles. The van der Waals surface area contributed by atoms with Crippen molar-refractivity contribution in [2.45, 2.75) is 12.4 Å². The fourth-order valence-electron chi connectivity index (χ4n) is 1.93. The van der Waals surface area contributed by atoms with Gasteiger partial charge in [0.25, 0.3) is 0 Å². The van der Waals surface area contributed by atoms with Crippen LogP contribution in [0.5, 0.6) is 5.75 Å². The summed E-state index contributed by atoms with van der Waals surface area (Å²) in [4.78, 5) is 0. The van der Waals surface area contributed by atoms with Gasteiger partial charge in [-0.2, -0.15) is 26.3 Å². The molecule has 124 valence electrons. The Labute approximate surface area is 130 Å². The van der Waals surface area contributed by atoms with E-state index in [1.807, 2.05) is 0 Å². The molecule has 2 aromatic rings. The lowest BCUT2D eigenvalue weighted by atomic mass is 10.1. The molecule has 8 heteroatoms. The van der Waals surface area contributed by atoms with Crippen LogP contribution in [0.2, 0.25) is 0 Å². The fourth-order valence-corrected chi connectivity index (χ4v) is 3.18. The minimum Gasteiger partial charge on any atom is -0.496 e. The van der Waals surface area contributed by atoms with Gasteiger partial charge in [0.05, 0.1) is 18.2 Å². The van der Waals surface area contributed by atoms with E-state index in [0.717, 1.165) is 12.1 Å². The monoisotopic (exact) mass is 352 g/mol. The highest BCUT2D eigenvalue weighted by Crippen LogP contribution is 2.36. The van der Waals surface area contributed by atoms with Crippen molar-refractivity contribution in [1.29, 1.82) is 0 Å². The summed E-state index contributed by atoms with van der Waals surface area (Å²) < 4.78 is 82.1. The molecule has 0 bridgehead atoms. The molecule has 0 aliphatic carbocycles. The van der Waals surface area contributed by atoms with E-state index < -0.39 is 32.1 Å². The van der Waals surface area contributed by atoms with Gasteiger partial charge < -0.3 is 4.74 Å². The van der Waals surface area contributed by atoms with E-state index in [-0.39, 0.29) is 11.4 Å². The van der Waals surface area contributed by atoms with Crippen LogP contribution < -0.4 is 15.3 Å². The Morgan fingerprint density at radius 2 is 1.35 bits per heavy atom. The Morgan fingerprint density at radius 1 is 0.826 bits per heavy atom. The molecule has 0 saturated heterocycles. The van der Waals surface area contributed by atoms with Crippen LogP contribution >= 0.6 is 8.58 Å². The number of alkyl halides is 6. The van der Waals surface area contributed by atoms with E-state index in [1.54, 1.807) is 24.3 Å². The minimum absolute atomic E-state index is 0.0587. The topological polar surface area (TPSA) is 9.23 Å². The number of hydrogen-bond donors (Lipinski definition) is 0. The van der Waals surface area contributed by atoms with Crippen molar-refractivity contribution < 1.29 is 31.1 Å². The first-order chi connectivity index (χ1) is 10.6. The van der Waals surface area contributed by atoms with Gasteiger partial charge in [-0.25, -0.2) is 0 Å². The molecule has 0 N–H and O–H groups in total. The van der Waals surface area contributed by atoms with Crippen LogP contribution in [-0.2, 0) is 12.4 Å². The molecule has 0 aliphatic heterocycles. The summed E-state index contributed by atoms with van der Waals surface area (Å²) in [6.45, 7) is 0. The van der Waals surface area contributed by atoms with Crippen LogP contribution in [0.1, 0.15) is 11.1 Å². The lowest BCUT2D eigenvalue weighted by molar-refractivity contribution is -0.142. The molecule has 0 amide bonds. The maximum absolute atomic E-state index is 12.8. The third kappa shape index (κ3) is 4.38. The summed E-state index contributed by atoms with van der Waals surface area (Å²) in [7, 11) is 0.994. The maximum Gasteiger partial charge on any atom is 0.416 e. The van der Waals surface area contributed by atoms with Crippen LogP contribution in [-0.4, -0.2) is 7.11 Å². The summed E-state index contributed by atoms with van der Waals surface area (Å²) >= 11 is 0. The highest BCUT2D eigenvalue weighted by molar-refractivity contribution is 7.55. The summed E-state index contributed by atoms with van der Waals surface area (Å²) in [6, 6.07) is 8.10. The molecule has 0 saturated carbocycles. The van der Waals surface area contributed by atoms with Crippen molar-refractivity contribution >= 4 is 19.2 Å². The molecule has 0 heterocycles. The van der Waals surface area contributed by atoms with Crippen LogP contribution in [0.4, 0.5) is 26.3 Å². The largest absolute Gasteiger partial charge is 0.496 e. The number of rotatable bonds is 3. The van der Waals surface area contributed by atoms with Crippen LogP contribution in [0.3, 0.4) is 0 Å². The molecule has 0 fully saturated rings. The Kier molecular flexibility index (Phi) is 4.90. The van der Waals surface area contributed by atoms with Gasteiger partial charge in [0.2, 0.25) is 0 Å². The highest BCUT2D eigenvalue weighted by Gasteiger charge is 2.36. The van der Waals surface area contributed by atoms with E-state index in [0.29, 0.717) is 11.1 Å². The van der Waals surface area contributed by atoms with Gasteiger partial charge in [0, 0.05) is 5.30 Å². The van der Waals surface area contributed by atoms with Gasteiger partial charge in [-0.1, -0.05) is 26.8 Å². The predicted molar refractivity (Wildman–Crippen MR) is 77.0 cm³/mol. The normalized spacial score (nSPS) is 12.8. The molecule has 23 heavy (non-hydrogen) atoms. The average molecular weight is 352 g/mol.